The Morgan fingerprint density at radius 2 is 1.64 bits per heavy atom. The number of Topliss-reactive ketones (excluding diaryl/α,β-unsaturated/α-hetero) is 1. The van der Waals surface area contributed by atoms with E-state index in [1.165, 1.54) is 6.08 Å². The molecule has 2 amide bonds. The van der Waals surface area contributed by atoms with Gasteiger partial charge in [0.05, 0.1) is 11.9 Å². The summed E-state index contributed by atoms with van der Waals surface area (Å²) in [4.78, 5) is 39.0. The molecule has 5 N–H and O–H groups in total. The maximum Gasteiger partial charge on any atom is 0.244 e. The van der Waals surface area contributed by atoms with Gasteiger partial charge in [0.2, 0.25) is 11.8 Å². The van der Waals surface area contributed by atoms with Crippen LogP contribution in [0.1, 0.15) is 50.7 Å². The third kappa shape index (κ3) is 11.1. The number of hydrogen-bond donors (Lipinski definition) is 4. The van der Waals surface area contributed by atoms with Crippen LogP contribution in [0.25, 0.3) is 6.08 Å². The molecule has 0 aliphatic rings. The number of rotatable bonds is 15. The summed E-state index contributed by atoms with van der Waals surface area (Å²) in [6, 6.07) is 18.2. The number of nitrogens with two attached hydrogens (primary N) is 1. The summed E-state index contributed by atoms with van der Waals surface area (Å²) < 4.78 is 0. The molecule has 0 saturated carbocycles. The molecule has 0 bridgehead atoms. The van der Waals surface area contributed by atoms with Crippen LogP contribution in [0.5, 0.6) is 0 Å². The SMILES string of the molecule is CC(C)CC(CC(=O)C(Cc1ccccc1)NC(=O)/C=C/c1ccccc1)C(=O)NCCCC(=N)N. The van der Waals surface area contributed by atoms with Crippen LogP contribution in [0.3, 0.4) is 0 Å². The third-order valence-corrected chi connectivity index (χ3v) is 5.71. The number of hydrogen-bond acceptors (Lipinski definition) is 4. The highest BCUT2D eigenvalue weighted by molar-refractivity contribution is 5.97. The van der Waals surface area contributed by atoms with E-state index in [-0.39, 0.29) is 35.8 Å². The fourth-order valence-corrected chi connectivity index (χ4v) is 3.92. The molecule has 7 heteroatoms. The van der Waals surface area contributed by atoms with E-state index in [1.807, 2.05) is 74.5 Å². The molecule has 0 aromatic heterocycles. The van der Waals surface area contributed by atoms with E-state index in [9.17, 15) is 14.4 Å². The number of nitrogens with one attached hydrogen (secondary N) is 3. The highest BCUT2D eigenvalue weighted by Gasteiger charge is 2.28. The molecule has 2 atom stereocenters. The smallest absolute Gasteiger partial charge is 0.244 e. The molecule has 0 fully saturated rings. The maximum atomic E-state index is 13.4. The van der Waals surface area contributed by atoms with Gasteiger partial charge in [-0.2, -0.15) is 0 Å². The summed E-state index contributed by atoms with van der Waals surface area (Å²) in [5.41, 5.74) is 7.19. The molecular formula is C29H38N4O3. The van der Waals surface area contributed by atoms with Crippen LogP contribution >= 0.6 is 0 Å². The minimum absolute atomic E-state index is 0.0386. The second kappa shape index (κ2) is 15.3. The van der Waals surface area contributed by atoms with Crippen molar-refractivity contribution in [3.8, 4) is 0 Å². The predicted molar refractivity (Wildman–Crippen MR) is 144 cm³/mol. The summed E-state index contributed by atoms with van der Waals surface area (Å²) >= 11 is 0. The predicted octanol–water partition coefficient (Wildman–Crippen LogP) is 3.88. The first-order chi connectivity index (χ1) is 17.2. The highest BCUT2D eigenvalue weighted by atomic mass is 16.2. The van der Waals surface area contributed by atoms with Gasteiger partial charge in [-0.05, 0) is 42.4 Å². The van der Waals surface area contributed by atoms with Crippen LogP contribution in [-0.2, 0) is 20.8 Å². The van der Waals surface area contributed by atoms with Crippen molar-refractivity contribution in [2.45, 2.75) is 52.0 Å². The number of carbonyl (C=O) groups is 3. The average molecular weight is 491 g/mol. The molecule has 2 rings (SSSR count). The van der Waals surface area contributed by atoms with Crippen molar-refractivity contribution in [3.05, 3.63) is 77.9 Å². The topological polar surface area (TPSA) is 125 Å². The third-order valence-electron chi connectivity index (χ3n) is 5.71. The standard InChI is InChI=1S/C29H38N4O3/c1-21(2)18-24(29(36)32-17-9-14-27(30)31)20-26(34)25(19-23-12-7-4-8-13-23)33-28(35)16-15-22-10-5-3-6-11-22/h3-8,10-13,15-16,21,24-25H,9,14,17-20H2,1-2H3,(H3,30,31)(H,32,36)(H,33,35)/b16-15+. The Hall–Kier alpha value is -3.74. The minimum atomic E-state index is -0.750. The summed E-state index contributed by atoms with van der Waals surface area (Å²) in [6.07, 6.45) is 5.06. The van der Waals surface area contributed by atoms with E-state index in [1.54, 1.807) is 6.08 Å². The average Bonchev–Trinajstić information content (AvgIpc) is 2.85. The Balaban J connectivity index is 2.11. The fourth-order valence-electron chi connectivity index (χ4n) is 3.92. The van der Waals surface area contributed by atoms with Gasteiger partial charge in [0.25, 0.3) is 0 Å². The monoisotopic (exact) mass is 490 g/mol. The van der Waals surface area contributed by atoms with Crippen molar-refractivity contribution < 1.29 is 14.4 Å². The van der Waals surface area contributed by atoms with Crippen molar-refractivity contribution >= 4 is 29.5 Å². The minimum Gasteiger partial charge on any atom is -0.388 e. The normalized spacial score (nSPS) is 12.8. The number of amidine groups is 1. The number of ketones is 1. The molecule has 0 heterocycles. The zero-order chi connectivity index (χ0) is 26.3. The van der Waals surface area contributed by atoms with Crippen molar-refractivity contribution in [1.82, 2.24) is 10.6 Å². The van der Waals surface area contributed by atoms with Crippen LogP contribution in [0.4, 0.5) is 0 Å². The van der Waals surface area contributed by atoms with Gasteiger partial charge in [-0.25, -0.2) is 0 Å². The molecule has 0 aliphatic carbocycles. The first kappa shape index (κ1) is 28.5. The molecular weight excluding hydrogens is 452 g/mol. The Kier molecular flexibility index (Phi) is 12.1. The maximum absolute atomic E-state index is 13.4. The van der Waals surface area contributed by atoms with Gasteiger partial charge in [0, 0.05) is 31.4 Å². The van der Waals surface area contributed by atoms with Gasteiger partial charge in [-0.15, -0.1) is 0 Å². The number of benzene rings is 2. The summed E-state index contributed by atoms with van der Waals surface area (Å²) in [6.45, 7) is 4.42. The molecule has 0 radical (unpaired) electrons. The van der Waals surface area contributed by atoms with E-state index in [0.717, 1.165) is 11.1 Å². The second-order valence-corrected chi connectivity index (χ2v) is 9.41. The van der Waals surface area contributed by atoms with Crippen LogP contribution in [0.2, 0.25) is 0 Å². The number of carbonyl (C=O) groups excluding carboxylic acids is 3. The molecule has 2 unspecified atom stereocenters. The Bertz CT molecular complexity index is 1020. The van der Waals surface area contributed by atoms with E-state index >= 15 is 0 Å². The lowest BCUT2D eigenvalue weighted by Crippen LogP contribution is -2.44. The molecule has 192 valence electrons. The molecule has 2 aromatic rings. The van der Waals surface area contributed by atoms with E-state index < -0.39 is 12.0 Å². The quantitative estimate of drug-likeness (QED) is 0.131. The zero-order valence-corrected chi connectivity index (χ0v) is 21.2. The number of amides is 2. The van der Waals surface area contributed by atoms with E-state index in [4.69, 9.17) is 11.1 Å². The Morgan fingerprint density at radius 3 is 2.25 bits per heavy atom. The second-order valence-electron chi connectivity index (χ2n) is 9.41. The lowest BCUT2D eigenvalue weighted by atomic mass is 9.88. The van der Waals surface area contributed by atoms with Crippen molar-refractivity contribution in [2.24, 2.45) is 17.6 Å². The van der Waals surface area contributed by atoms with Crippen LogP contribution in [0, 0.1) is 17.2 Å². The van der Waals surface area contributed by atoms with Gasteiger partial charge in [0.1, 0.15) is 0 Å². The largest absolute Gasteiger partial charge is 0.388 e. The van der Waals surface area contributed by atoms with Gasteiger partial charge in [-0.1, -0.05) is 74.5 Å². The van der Waals surface area contributed by atoms with Crippen LogP contribution in [0.15, 0.2) is 66.7 Å². The highest BCUT2D eigenvalue weighted by Crippen LogP contribution is 2.18. The van der Waals surface area contributed by atoms with E-state index in [2.05, 4.69) is 10.6 Å². The van der Waals surface area contributed by atoms with Crippen molar-refractivity contribution in [3.63, 3.8) is 0 Å². The summed E-state index contributed by atoms with van der Waals surface area (Å²) in [5, 5.41) is 13.0. The zero-order valence-electron chi connectivity index (χ0n) is 21.2. The summed E-state index contributed by atoms with van der Waals surface area (Å²) in [5.74, 6) is -0.910. The van der Waals surface area contributed by atoms with Gasteiger partial charge >= 0.3 is 0 Å². The Morgan fingerprint density at radius 1 is 1.00 bits per heavy atom. The van der Waals surface area contributed by atoms with Gasteiger partial charge in [-0.3, -0.25) is 19.8 Å². The first-order valence-corrected chi connectivity index (χ1v) is 12.5. The molecule has 0 saturated heterocycles. The van der Waals surface area contributed by atoms with Crippen LogP contribution in [-0.4, -0.2) is 36.0 Å². The molecule has 2 aromatic carbocycles. The Labute approximate surface area is 214 Å². The van der Waals surface area contributed by atoms with Gasteiger partial charge in [0.15, 0.2) is 5.78 Å². The van der Waals surface area contributed by atoms with Crippen molar-refractivity contribution in [1.29, 1.82) is 5.41 Å². The molecule has 0 spiro atoms. The van der Waals surface area contributed by atoms with Crippen LogP contribution < -0.4 is 16.4 Å². The molecule has 0 aliphatic heterocycles. The fraction of sp³-hybridized carbons (Fsp3) is 0.379. The lowest BCUT2D eigenvalue weighted by Gasteiger charge is -2.22. The van der Waals surface area contributed by atoms with Crippen molar-refractivity contribution in [2.75, 3.05) is 6.54 Å². The first-order valence-electron chi connectivity index (χ1n) is 12.5. The molecule has 36 heavy (non-hydrogen) atoms. The van der Waals surface area contributed by atoms with Gasteiger partial charge < -0.3 is 16.4 Å². The summed E-state index contributed by atoms with van der Waals surface area (Å²) in [7, 11) is 0. The lowest BCUT2D eigenvalue weighted by molar-refractivity contribution is -0.131. The van der Waals surface area contributed by atoms with E-state index in [0.29, 0.717) is 32.2 Å². The molecule has 7 nitrogen and oxygen atoms in total.